The first-order valence-corrected chi connectivity index (χ1v) is 7.86. The molecule has 0 amide bonds. The summed E-state index contributed by atoms with van der Waals surface area (Å²) in [6.45, 7) is -0.158. The topological polar surface area (TPSA) is 54.6 Å². The van der Waals surface area contributed by atoms with Gasteiger partial charge in [-0.1, -0.05) is 36.4 Å². The van der Waals surface area contributed by atoms with Crippen LogP contribution >= 0.6 is 0 Å². The van der Waals surface area contributed by atoms with Gasteiger partial charge in [-0.05, 0) is 29.3 Å². The number of aliphatic hydroxyl groups excluding tert-OH is 2. The average Bonchev–Trinajstić information content (AvgIpc) is 3.18. The van der Waals surface area contributed by atoms with E-state index in [0.29, 0.717) is 6.42 Å². The molecule has 4 nitrogen and oxygen atoms in total. The van der Waals surface area contributed by atoms with E-state index in [-0.39, 0.29) is 12.8 Å². The predicted octanol–water partition coefficient (Wildman–Crippen LogP) is 2.95. The highest BCUT2D eigenvalue weighted by molar-refractivity contribution is 5.85. The highest BCUT2D eigenvalue weighted by Crippen LogP contribution is 2.33. The number of benzene rings is 2. The van der Waals surface area contributed by atoms with Crippen LogP contribution in [0.15, 0.2) is 60.8 Å². The molecule has 1 aliphatic rings. The lowest BCUT2D eigenvalue weighted by Gasteiger charge is -2.15. The monoisotopic (exact) mass is 309 g/mol. The van der Waals surface area contributed by atoms with E-state index in [1.54, 1.807) is 0 Å². The van der Waals surface area contributed by atoms with Crippen molar-refractivity contribution in [1.82, 2.24) is 4.57 Å². The number of aliphatic hydroxyl groups is 2. The molecule has 3 atom stereocenters. The zero-order valence-corrected chi connectivity index (χ0v) is 12.7. The molecule has 4 heteroatoms. The minimum Gasteiger partial charge on any atom is -0.394 e. The third kappa shape index (κ3) is 2.55. The van der Waals surface area contributed by atoms with Crippen molar-refractivity contribution in [2.45, 2.75) is 24.9 Å². The molecule has 2 N–H and O–H groups in total. The van der Waals surface area contributed by atoms with Crippen molar-refractivity contribution >= 4 is 10.9 Å². The normalized spacial score (nSPS) is 24.3. The van der Waals surface area contributed by atoms with Gasteiger partial charge in [0.05, 0.1) is 18.2 Å². The Kier molecular flexibility index (Phi) is 3.65. The number of hydrogen-bond donors (Lipinski definition) is 2. The maximum atomic E-state index is 9.92. The maximum absolute atomic E-state index is 9.92. The summed E-state index contributed by atoms with van der Waals surface area (Å²) in [5, 5.41) is 20.3. The summed E-state index contributed by atoms with van der Waals surface area (Å²) in [6, 6.07) is 18.7. The Balaban J connectivity index is 1.69. The van der Waals surface area contributed by atoms with Crippen molar-refractivity contribution in [2.24, 2.45) is 0 Å². The molecule has 118 valence electrons. The molecule has 0 spiro atoms. The number of nitrogens with zero attached hydrogens (tertiary/aromatic N) is 1. The lowest BCUT2D eigenvalue weighted by atomic mass is 10.0. The third-order valence-corrected chi connectivity index (χ3v) is 4.52. The first kappa shape index (κ1) is 14.5. The van der Waals surface area contributed by atoms with Crippen LogP contribution in [-0.2, 0) is 4.74 Å². The number of rotatable bonds is 3. The predicted molar refractivity (Wildman–Crippen MR) is 89.0 cm³/mol. The van der Waals surface area contributed by atoms with Crippen LogP contribution in [0.5, 0.6) is 0 Å². The lowest BCUT2D eigenvalue weighted by molar-refractivity contribution is -0.0428. The van der Waals surface area contributed by atoms with E-state index in [1.807, 2.05) is 29.0 Å². The molecule has 0 radical (unpaired) electrons. The Labute approximate surface area is 134 Å². The van der Waals surface area contributed by atoms with E-state index in [1.165, 1.54) is 11.1 Å². The minimum absolute atomic E-state index is 0.158. The number of fused-ring (bicyclic) bond motifs is 1. The fourth-order valence-corrected chi connectivity index (χ4v) is 3.28. The van der Waals surface area contributed by atoms with Gasteiger partial charge < -0.3 is 19.5 Å². The van der Waals surface area contributed by atoms with Gasteiger partial charge in [-0.3, -0.25) is 0 Å². The van der Waals surface area contributed by atoms with Gasteiger partial charge in [-0.15, -0.1) is 0 Å². The van der Waals surface area contributed by atoms with Gasteiger partial charge in [0.1, 0.15) is 12.3 Å². The summed E-state index contributed by atoms with van der Waals surface area (Å²) in [5.74, 6) is 0. The largest absolute Gasteiger partial charge is 0.394 e. The molecule has 2 heterocycles. The number of ether oxygens (including phenoxy) is 1. The Morgan fingerprint density at radius 1 is 1.04 bits per heavy atom. The summed E-state index contributed by atoms with van der Waals surface area (Å²) in [6.07, 6.45) is 1.13. The van der Waals surface area contributed by atoms with Gasteiger partial charge in [0.25, 0.3) is 0 Å². The van der Waals surface area contributed by atoms with E-state index < -0.39 is 12.2 Å². The SMILES string of the molecule is OC[C@H]1O[C@H](n2ccc3cc(-c4ccccc4)ccc32)C[C@@H]1O. The maximum Gasteiger partial charge on any atom is 0.137 e. The van der Waals surface area contributed by atoms with Crippen LogP contribution in [0.4, 0.5) is 0 Å². The van der Waals surface area contributed by atoms with Crippen LogP contribution in [0, 0.1) is 0 Å². The Morgan fingerprint density at radius 2 is 1.87 bits per heavy atom. The van der Waals surface area contributed by atoms with E-state index in [9.17, 15) is 10.2 Å². The van der Waals surface area contributed by atoms with Crippen molar-refractivity contribution in [2.75, 3.05) is 6.61 Å². The second-order valence-electron chi connectivity index (χ2n) is 5.98. The van der Waals surface area contributed by atoms with Gasteiger partial charge >= 0.3 is 0 Å². The molecule has 0 aliphatic carbocycles. The van der Waals surface area contributed by atoms with Crippen molar-refractivity contribution in [3.05, 3.63) is 60.8 Å². The molecule has 1 aromatic heterocycles. The molecular weight excluding hydrogens is 290 g/mol. The first-order valence-electron chi connectivity index (χ1n) is 7.86. The second-order valence-corrected chi connectivity index (χ2v) is 5.98. The first-order chi connectivity index (χ1) is 11.3. The van der Waals surface area contributed by atoms with Crippen LogP contribution in [0.25, 0.3) is 22.0 Å². The third-order valence-electron chi connectivity index (χ3n) is 4.52. The molecule has 23 heavy (non-hydrogen) atoms. The highest BCUT2D eigenvalue weighted by Gasteiger charge is 2.34. The molecular formula is C19H19NO3. The molecule has 1 saturated heterocycles. The smallest absolute Gasteiger partial charge is 0.137 e. The van der Waals surface area contributed by atoms with Crippen molar-refractivity contribution < 1.29 is 14.9 Å². The zero-order valence-electron chi connectivity index (χ0n) is 12.7. The Hall–Kier alpha value is -2.14. The van der Waals surface area contributed by atoms with Gasteiger partial charge in [0.2, 0.25) is 0 Å². The fourth-order valence-electron chi connectivity index (χ4n) is 3.28. The Morgan fingerprint density at radius 3 is 2.61 bits per heavy atom. The number of aromatic nitrogens is 1. The minimum atomic E-state index is -0.619. The quantitative estimate of drug-likeness (QED) is 0.782. The average molecular weight is 309 g/mol. The van der Waals surface area contributed by atoms with E-state index in [0.717, 1.165) is 10.9 Å². The van der Waals surface area contributed by atoms with Crippen molar-refractivity contribution in [1.29, 1.82) is 0 Å². The van der Waals surface area contributed by atoms with Gasteiger partial charge in [-0.25, -0.2) is 0 Å². The van der Waals surface area contributed by atoms with Crippen molar-refractivity contribution in [3.63, 3.8) is 0 Å². The van der Waals surface area contributed by atoms with E-state index in [4.69, 9.17) is 4.74 Å². The van der Waals surface area contributed by atoms with Crippen LogP contribution in [0.2, 0.25) is 0 Å². The van der Waals surface area contributed by atoms with Gasteiger partial charge in [0.15, 0.2) is 0 Å². The van der Waals surface area contributed by atoms with Crippen LogP contribution in [0.3, 0.4) is 0 Å². The molecule has 2 aromatic carbocycles. The fraction of sp³-hybridized carbons (Fsp3) is 0.263. The molecule has 0 unspecified atom stereocenters. The Bertz CT molecular complexity index is 812. The molecule has 1 fully saturated rings. The summed E-state index contributed by atoms with van der Waals surface area (Å²) >= 11 is 0. The van der Waals surface area contributed by atoms with E-state index in [2.05, 4.69) is 36.4 Å². The molecule has 0 saturated carbocycles. The summed E-state index contributed by atoms with van der Waals surface area (Å²) < 4.78 is 7.78. The zero-order chi connectivity index (χ0) is 15.8. The van der Waals surface area contributed by atoms with Crippen LogP contribution in [0.1, 0.15) is 12.6 Å². The number of hydrogen-bond acceptors (Lipinski definition) is 3. The molecule has 4 rings (SSSR count). The summed E-state index contributed by atoms with van der Waals surface area (Å²) in [5.41, 5.74) is 3.44. The van der Waals surface area contributed by atoms with Crippen LogP contribution < -0.4 is 0 Å². The highest BCUT2D eigenvalue weighted by atomic mass is 16.5. The van der Waals surface area contributed by atoms with Gasteiger partial charge in [0, 0.05) is 18.0 Å². The second kappa shape index (κ2) is 5.81. The lowest BCUT2D eigenvalue weighted by Crippen LogP contribution is -2.24. The molecule has 1 aliphatic heterocycles. The standard InChI is InChI=1S/C19H19NO3/c21-12-18-17(22)11-19(23-18)20-9-8-15-10-14(6-7-16(15)20)13-4-2-1-3-5-13/h1-10,17-19,21-22H,11-12H2/t17-,18+,19-/m0/s1. The summed E-state index contributed by atoms with van der Waals surface area (Å²) in [7, 11) is 0. The molecule has 0 bridgehead atoms. The van der Waals surface area contributed by atoms with Gasteiger partial charge in [-0.2, -0.15) is 0 Å². The molecule has 3 aromatic rings. The van der Waals surface area contributed by atoms with Crippen molar-refractivity contribution in [3.8, 4) is 11.1 Å². The summed E-state index contributed by atoms with van der Waals surface area (Å²) in [4.78, 5) is 0. The van der Waals surface area contributed by atoms with E-state index >= 15 is 0 Å². The van der Waals surface area contributed by atoms with Crippen LogP contribution in [-0.4, -0.2) is 33.6 Å².